The average molecular weight is 229 g/mol. The van der Waals surface area contributed by atoms with Crippen molar-refractivity contribution in [2.75, 3.05) is 14.1 Å². The van der Waals surface area contributed by atoms with Gasteiger partial charge in [0.1, 0.15) is 0 Å². The smallest absolute Gasteiger partial charge is 0.0818 e. The first-order chi connectivity index (χ1) is 8.19. The summed E-state index contributed by atoms with van der Waals surface area (Å²) in [4.78, 5) is 2.07. The summed E-state index contributed by atoms with van der Waals surface area (Å²) in [5, 5.41) is 18.7. The summed E-state index contributed by atoms with van der Waals surface area (Å²) in [5.41, 5.74) is 1.42. The summed E-state index contributed by atoms with van der Waals surface area (Å²) in [6, 6.07) is 4.87. The van der Waals surface area contributed by atoms with Crippen molar-refractivity contribution in [3.05, 3.63) is 11.6 Å². The number of nitriles is 2. The van der Waals surface area contributed by atoms with E-state index >= 15 is 0 Å². The second-order valence-corrected chi connectivity index (χ2v) is 5.36. The Bertz CT molecular complexity index is 397. The highest BCUT2D eigenvalue weighted by atomic mass is 15.1. The third-order valence-corrected chi connectivity index (χ3v) is 4.17. The molecule has 0 radical (unpaired) electrons. The molecule has 2 aliphatic rings. The van der Waals surface area contributed by atoms with Gasteiger partial charge in [-0.2, -0.15) is 10.5 Å². The molecule has 0 spiro atoms. The van der Waals surface area contributed by atoms with Crippen LogP contribution in [-0.4, -0.2) is 25.0 Å². The van der Waals surface area contributed by atoms with Gasteiger partial charge in [-0.05, 0) is 39.3 Å². The zero-order chi connectivity index (χ0) is 12.4. The van der Waals surface area contributed by atoms with Gasteiger partial charge in [-0.25, -0.2) is 0 Å². The van der Waals surface area contributed by atoms with Gasteiger partial charge >= 0.3 is 0 Å². The molecule has 1 saturated carbocycles. The zero-order valence-electron chi connectivity index (χ0n) is 10.6. The van der Waals surface area contributed by atoms with Crippen LogP contribution >= 0.6 is 0 Å². The molecular formula is C14H19N3. The number of allylic oxidation sites excluding steroid dienone is 1. The van der Waals surface area contributed by atoms with E-state index < -0.39 is 0 Å². The van der Waals surface area contributed by atoms with Crippen LogP contribution in [0.25, 0.3) is 0 Å². The number of hydrogen-bond donors (Lipinski definition) is 0. The van der Waals surface area contributed by atoms with E-state index in [4.69, 9.17) is 0 Å². The molecular weight excluding hydrogens is 210 g/mol. The number of likely N-dealkylation sites (N-methyl/N-ethyl adjacent to an activating group) is 1. The SMILES string of the molecule is CN(C)[C@@H]1C=C2CCCC[C@@H]2[C@H](C#N)[C@H]1C#N. The maximum atomic E-state index is 9.38. The lowest BCUT2D eigenvalue weighted by molar-refractivity contribution is 0.194. The first-order valence-corrected chi connectivity index (χ1v) is 6.35. The van der Waals surface area contributed by atoms with Crippen LogP contribution in [0.15, 0.2) is 11.6 Å². The Labute approximate surface area is 103 Å². The maximum Gasteiger partial charge on any atom is 0.0818 e. The fourth-order valence-corrected chi connectivity index (χ4v) is 3.26. The van der Waals surface area contributed by atoms with Crippen LogP contribution in [0, 0.1) is 40.4 Å². The second kappa shape index (κ2) is 4.90. The minimum absolute atomic E-state index is 0.106. The highest BCUT2D eigenvalue weighted by molar-refractivity contribution is 5.26. The van der Waals surface area contributed by atoms with Crippen molar-refractivity contribution in [3.63, 3.8) is 0 Å². The molecule has 3 nitrogen and oxygen atoms in total. The zero-order valence-corrected chi connectivity index (χ0v) is 10.6. The van der Waals surface area contributed by atoms with Crippen LogP contribution in [0.3, 0.4) is 0 Å². The van der Waals surface area contributed by atoms with E-state index in [9.17, 15) is 10.5 Å². The molecule has 0 N–H and O–H groups in total. The fraction of sp³-hybridized carbons (Fsp3) is 0.714. The van der Waals surface area contributed by atoms with E-state index in [1.165, 1.54) is 18.4 Å². The number of rotatable bonds is 1. The van der Waals surface area contributed by atoms with Crippen molar-refractivity contribution >= 4 is 0 Å². The molecule has 2 rings (SSSR count). The van der Waals surface area contributed by atoms with Gasteiger partial charge in [-0.15, -0.1) is 0 Å². The average Bonchev–Trinajstić information content (AvgIpc) is 2.36. The summed E-state index contributed by atoms with van der Waals surface area (Å²) in [5.74, 6) is 0.0455. The van der Waals surface area contributed by atoms with Gasteiger partial charge in [-0.3, -0.25) is 0 Å². The Hall–Kier alpha value is -1.32. The van der Waals surface area contributed by atoms with E-state index in [1.807, 2.05) is 14.1 Å². The Morgan fingerprint density at radius 1 is 1.18 bits per heavy atom. The van der Waals surface area contributed by atoms with Gasteiger partial charge in [0.15, 0.2) is 0 Å². The van der Waals surface area contributed by atoms with Crippen LogP contribution in [0.4, 0.5) is 0 Å². The molecule has 1 fully saturated rings. The van der Waals surface area contributed by atoms with Crippen molar-refractivity contribution in [2.24, 2.45) is 17.8 Å². The molecule has 3 heteroatoms. The van der Waals surface area contributed by atoms with Crippen molar-refractivity contribution in [3.8, 4) is 12.1 Å². The van der Waals surface area contributed by atoms with Crippen LogP contribution in [0.5, 0.6) is 0 Å². The molecule has 2 aliphatic carbocycles. The monoisotopic (exact) mass is 229 g/mol. The second-order valence-electron chi connectivity index (χ2n) is 5.36. The van der Waals surface area contributed by atoms with Crippen LogP contribution < -0.4 is 0 Å². The highest BCUT2D eigenvalue weighted by Crippen LogP contribution is 2.43. The van der Waals surface area contributed by atoms with E-state index in [1.54, 1.807) is 0 Å². The summed E-state index contributed by atoms with van der Waals surface area (Å²) in [7, 11) is 3.98. The lowest BCUT2D eigenvalue weighted by Gasteiger charge is -2.40. The predicted molar refractivity (Wildman–Crippen MR) is 65.7 cm³/mol. The highest BCUT2D eigenvalue weighted by Gasteiger charge is 2.41. The quantitative estimate of drug-likeness (QED) is 0.648. The van der Waals surface area contributed by atoms with Gasteiger partial charge in [0.2, 0.25) is 0 Å². The van der Waals surface area contributed by atoms with Gasteiger partial charge in [0, 0.05) is 6.04 Å². The van der Waals surface area contributed by atoms with Crippen LogP contribution in [-0.2, 0) is 0 Å². The number of nitrogens with zero attached hydrogens (tertiary/aromatic N) is 3. The van der Waals surface area contributed by atoms with Gasteiger partial charge in [-0.1, -0.05) is 18.1 Å². The lowest BCUT2D eigenvalue weighted by Crippen LogP contribution is -2.43. The summed E-state index contributed by atoms with van der Waals surface area (Å²) in [6.07, 6.45) is 6.89. The third kappa shape index (κ3) is 2.08. The topological polar surface area (TPSA) is 50.8 Å². The van der Waals surface area contributed by atoms with E-state index in [0.29, 0.717) is 5.92 Å². The molecule has 4 atom stereocenters. The lowest BCUT2D eigenvalue weighted by atomic mass is 9.66. The Morgan fingerprint density at radius 3 is 2.47 bits per heavy atom. The van der Waals surface area contributed by atoms with E-state index in [-0.39, 0.29) is 17.9 Å². The summed E-state index contributed by atoms with van der Waals surface area (Å²) >= 11 is 0. The minimum Gasteiger partial charge on any atom is -0.302 e. The molecule has 0 aromatic rings. The maximum absolute atomic E-state index is 9.38. The molecule has 0 heterocycles. The van der Waals surface area contributed by atoms with E-state index in [0.717, 1.165) is 12.8 Å². The van der Waals surface area contributed by atoms with Crippen molar-refractivity contribution in [1.82, 2.24) is 4.90 Å². The summed E-state index contributed by atoms with van der Waals surface area (Å²) in [6.45, 7) is 0. The number of hydrogen-bond acceptors (Lipinski definition) is 3. The summed E-state index contributed by atoms with van der Waals surface area (Å²) < 4.78 is 0. The molecule has 0 aromatic heterocycles. The first-order valence-electron chi connectivity index (χ1n) is 6.35. The van der Waals surface area contributed by atoms with Crippen molar-refractivity contribution in [1.29, 1.82) is 10.5 Å². The largest absolute Gasteiger partial charge is 0.302 e. The van der Waals surface area contributed by atoms with Gasteiger partial charge < -0.3 is 4.90 Å². The van der Waals surface area contributed by atoms with Crippen molar-refractivity contribution in [2.45, 2.75) is 31.7 Å². The Balaban J connectivity index is 2.37. The molecule has 0 aromatic carbocycles. The molecule has 0 unspecified atom stereocenters. The van der Waals surface area contributed by atoms with Gasteiger partial charge in [0.25, 0.3) is 0 Å². The third-order valence-electron chi connectivity index (χ3n) is 4.17. The normalized spacial score (nSPS) is 36.6. The Morgan fingerprint density at radius 2 is 1.88 bits per heavy atom. The predicted octanol–water partition coefficient (Wildman–Crippen LogP) is 2.33. The van der Waals surface area contributed by atoms with Crippen LogP contribution in [0.1, 0.15) is 25.7 Å². The molecule has 17 heavy (non-hydrogen) atoms. The van der Waals surface area contributed by atoms with E-state index in [2.05, 4.69) is 23.1 Å². The molecule has 0 aliphatic heterocycles. The molecule has 0 bridgehead atoms. The minimum atomic E-state index is -0.179. The van der Waals surface area contributed by atoms with Gasteiger partial charge in [0.05, 0.1) is 24.0 Å². The first kappa shape index (κ1) is 12.1. The molecule has 0 saturated heterocycles. The number of fused-ring (bicyclic) bond motifs is 1. The molecule has 0 amide bonds. The van der Waals surface area contributed by atoms with Crippen LogP contribution in [0.2, 0.25) is 0 Å². The van der Waals surface area contributed by atoms with Crippen molar-refractivity contribution < 1.29 is 0 Å². The standard InChI is InChI=1S/C14H19N3/c1-17(2)14-7-10-5-3-4-6-11(10)12(8-15)13(14)9-16/h7,11-14H,3-6H2,1-2H3/t11-,12-,13+,14+/m0/s1. The Kier molecular flexibility index (Phi) is 3.50. The fourth-order valence-electron chi connectivity index (χ4n) is 3.26. The molecule has 90 valence electrons.